The fraction of sp³-hybridized carbons (Fsp3) is 0.444. The minimum atomic E-state index is -1.13. The molecule has 37 heavy (non-hydrogen) atoms. The minimum absolute atomic E-state index is 0.00594. The van der Waals surface area contributed by atoms with Gasteiger partial charge in [0.2, 0.25) is 5.91 Å². The second kappa shape index (κ2) is 11.3. The zero-order chi connectivity index (χ0) is 26.7. The molecule has 0 spiro atoms. The lowest BCUT2D eigenvalue weighted by Gasteiger charge is -2.26. The minimum Gasteiger partial charge on any atom is -0.486 e. The third kappa shape index (κ3) is 6.08. The van der Waals surface area contributed by atoms with Gasteiger partial charge < -0.3 is 25.6 Å². The van der Waals surface area contributed by atoms with Crippen LogP contribution in [0, 0.1) is 11.7 Å². The number of nitrogens with zero attached hydrogens (tertiary/aromatic N) is 1. The molecule has 2 aromatic rings. The molecule has 0 bridgehead atoms. The van der Waals surface area contributed by atoms with E-state index in [1.807, 2.05) is 13.8 Å². The number of hydrogen-bond donors (Lipinski definition) is 4. The number of hydrogen-bond acceptors (Lipinski definition) is 6. The van der Waals surface area contributed by atoms with Crippen molar-refractivity contribution in [1.29, 1.82) is 0 Å². The summed E-state index contributed by atoms with van der Waals surface area (Å²) in [5.74, 6) is -1.08. The third-order valence-electron chi connectivity index (χ3n) is 6.50. The van der Waals surface area contributed by atoms with Crippen molar-refractivity contribution >= 4 is 23.5 Å². The number of amides is 4. The van der Waals surface area contributed by atoms with Crippen molar-refractivity contribution in [3.8, 4) is 5.75 Å². The van der Waals surface area contributed by atoms with Crippen molar-refractivity contribution in [2.45, 2.75) is 57.2 Å². The number of anilines is 1. The molecule has 2 fully saturated rings. The molecule has 0 radical (unpaired) electrons. The van der Waals surface area contributed by atoms with E-state index in [0.29, 0.717) is 17.2 Å². The Hall–Kier alpha value is -3.50. The number of rotatable bonds is 11. The molecular formula is C27H32FN3O6. The van der Waals surface area contributed by atoms with E-state index in [0.717, 1.165) is 23.3 Å². The quantitative estimate of drug-likeness (QED) is 0.342. The lowest BCUT2D eigenvalue weighted by molar-refractivity contribution is -0.134. The van der Waals surface area contributed by atoms with Crippen LogP contribution in [-0.2, 0) is 9.59 Å². The Kier molecular flexibility index (Phi) is 8.09. The van der Waals surface area contributed by atoms with Gasteiger partial charge in [-0.25, -0.2) is 14.1 Å². The van der Waals surface area contributed by atoms with Crippen LogP contribution in [0.4, 0.5) is 14.9 Å². The van der Waals surface area contributed by atoms with E-state index in [9.17, 15) is 29.0 Å². The first kappa shape index (κ1) is 26.6. The highest BCUT2D eigenvalue weighted by Gasteiger charge is 2.45. The van der Waals surface area contributed by atoms with E-state index in [4.69, 9.17) is 4.74 Å². The number of benzene rings is 2. The number of aliphatic hydroxyl groups excluding tert-OH is 2. The summed E-state index contributed by atoms with van der Waals surface area (Å²) in [5, 5.41) is 23.5. The number of carbonyl (C=O) groups excluding carboxylic acids is 3. The monoisotopic (exact) mass is 513 g/mol. The van der Waals surface area contributed by atoms with Gasteiger partial charge in [-0.1, -0.05) is 32.0 Å². The number of urea groups is 1. The Morgan fingerprint density at radius 2 is 1.76 bits per heavy atom. The van der Waals surface area contributed by atoms with Crippen LogP contribution >= 0.6 is 0 Å². The zero-order valence-corrected chi connectivity index (χ0v) is 20.8. The van der Waals surface area contributed by atoms with E-state index in [2.05, 4.69) is 10.6 Å². The number of nitrogens with one attached hydrogen (secondary N) is 2. The summed E-state index contributed by atoms with van der Waals surface area (Å²) in [6.07, 6.45) is 1.47. The Morgan fingerprint density at radius 3 is 2.32 bits per heavy atom. The zero-order valence-electron chi connectivity index (χ0n) is 20.8. The number of halogens is 1. The number of aliphatic hydroxyl groups is 2. The average molecular weight is 514 g/mol. The summed E-state index contributed by atoms with van der Waals surface area (Å²) in [6.45, 7) is 3.01. The van der Waals surface area contributed by atoms with Gasteiger partial charge in [-0.2, -0.15) is 0 Å². The maximum atomic E-state index is 14.7. The molecule has 2 aliphatic rings. The fourth-order valence-electron chi connectivity index (χ4n) is 4.37. The van der Waals surface area contributed by atoms with Gasteiger partial charge >= 0.3 is 6.03 Å². The van der Waals surface area contributed by atoms with Crippen LogP contribution in [0.1, 0.15) is 56.2 Å². The van der Waals surface area contributed by atoms with Gasteiger partial charge in [0.25, 0.3) is 5.91 Å². The Bertz CT molecular complexity index is 1150. The first-order chi connectivity index (χ1) is 17.7. The number of carbonyl (C=O) groups is 3. The highest BCUT2D eigenvalue weighted by molar-refractivity contribution is 6.09. The SMILES string of the molecule is CC(C)C[C@@H](C(=O)Nc1ccc(C2CC2)cc1F)N1C(=O)N[C@H](c2ccc(OC(CO)CO)cc2)C1=O. The van der Waals surface area contributed by atoms with E-state index in [-0.39, 0.29) is 31.2 Å². The van der Waals surface area contributed by atoms with E-state index in [1.165, 1.54) is 12.1 Å². The topological polar surface area (TPSA) is 128 Å². The third-order valence-corrected chi connectivity index (χ3v) is 6.50. The van der Waals surface area contributed by atoms with Gasteiger partial charge in [-0.3, -0.25) is 9.59 Å². The molecule has 4 N–H and O–H groups in total. The molecule has 2 aromatic carbocycles. The van der Waals surface area contributed by atoms with E-state index >= 15 is 0 Å². The molecule has 9 nitrogen and oxygen atoms in total. The predicted octanol–water partition coefficient (Wildman–Crippen LogP) is 3.08. The van der Waals surface area contributed by atoms with Gasteiger partial charge in [0.05, 0.1) is 18.9 Å². The first-order valence-corrected chi connectivity index (χ1v) is 12.4. The van der Waals surface area contributed by atoms with Crippen molar-refractivity contribution in [2.24, 2.45) is 5.92 Å². The first-order valence-electron chi connectivity index (χ1n) is 12.4. The second-order valence-electron chi connectivity index (χ2n) is 9.91. The largest absolute Gasteiger partial charge is 0.486 e. The molecule has 1 aliphatic carbocycles. The lowest BCUT2D eigenvalue weighted by atomic mass is 10.0. The molecule has 4 amide bonds. The van der Waals surface area contributed by atoms with Crippen LogP contribution in [0.3, 0.4) is 0 Å². The molecule has 0 unspecified atom stereocenters. The van der Waals surface area contributed by atoms with Crippen molar-refractivity contribution in [3.05, 3.63) is 59.4 Å². The van der Waals surface area contributed by atoms with Gasteiger partial charge in [-0.15, -0.1) is 0 Å². The Labute approximate surface area is 214 Å². The van der Waals surface area contributed by atoms with E-state index in [1.54, 1.807) is 30.3 Å². The standard InChI is InChI=1S/C27H32FN3O6/c1-15(2)11-23(25(34)29-22-10-7-18(12-21(22)28)16-3-4-16)31-26(35)24(30-27(31)36)17-5-8-19(9-6-17)37-20(13-32)14-33/h5-10,12,15-16,20,23-24,32-33H,3-4,11,13-14H2,1-2H3,(H,29,34)(H,30,36)/t23-,24+/m0/s1. The molecule has 198 valence electrons. The molecule has 1 saturated heterocycles. The highest BCUT2D eigenvalue weighted by atomic mass is 19.1. The van der Waals surface area contributed by atoms with Crippen LogP contribution in [0.5, 0.6) is 5.75 Å². The average Bonchev–Trinajstić information content (AvgIpc) is 3.68. The molecule has 1 saturated carbocycles. The van der Waals surface area contributed by atoms with Crippen molar-refractivity contribution in [2.75, 3.05) is 18.5 Å². The summed E-state index contributed by atoms with van der Waals surface area (Å²) in [6, 6.07) is 8.17. The summed E-state index contributed by atoms with van der Waals surface area (Å²) in [7, 11) is 0. The summed E-state index contributed by atoms with van der Waals surface area (Å²) in [5.41, 5.74) is 1.38. The van der Waals surface area contributed by atoms with Gasteiger partial charge in [0, 0.05) is 0 Å². The van der Waals surface area contributed by atoms with Crippen molar-refractivity contribution < 1.29 is 33.7 Å². The van der Waals surface area contributed by atoms with Crippen molar-refractivity contribution in [3.63, 3.8) is 0 Å². The van der Waals surface area contributed by atoms with Crippen LogP contribution in [0.15, 0.2) is 42.5 Å². The van der Waals surface area contributed by atoms with Gasteiger partial charge in [0.1, 0.15) is 29.8 Å². The van der Waals surface area contributed by atoms with Gasteiger partial charge in [-0.05, 0) is 66.5 Å². The molecule has 0 aromatic heterocycles. The van der Waals surface area contributed by atoms with Crippen LogP contribution in [0.2, 0.25) is 0 Å². The Balaban J connectivity index is 1.50. The second-order valence-corrected chi connectivity index (χ2v) is 9.91. The molecule has 1 heterocycles. The predicted molar refractivity (Wildman–Crippen MR) is 133 cm³/mol. The molecule has 2 atom stereocenters. The normalized spacial score (nSPS) is 18.4. The van der Waals surface area contributed by atoms with Crippen LogP contribution in [-0.4, -0.2) is 58.3 Å². The maximum Gasteiger partial charge on any atom is 0.325 e. The summed E-state index contributed by atoms with van der Waals surface area (Å²) in [4.78, 5) is 40.4. The molecule has 4 rings (SSSR count). The molecular weight excluding hydrogens is 481 g/mol. The highest BCUT2D eigenvalue weighted by Crippen LogP contribution is 2.40. The Morgan fingerprint density at radius 1 is 1.11 bits per heavy atom. The number of imide groups is 1. The smallest absolute Gasteiger partial charge is 0.325 e. The fourth-order valence-corrected chi connectivity index (χ4v) is 4.37. The van der Waals surface area contributed by atoms with Crippen LogP contribution < -0.4 is 15.4 Å². The van der Waals surface area contributed by atoms with Crippen LogP contribution in [0.25, 0.3) is 0 Å². The number of ether oxygens (including phenoxy) is 1. The molecule has 10 heteroatoms. The maximum absolute atomic E-state index is 14.7. The summed E-state index contributed by atoms with van der Waals surface area (Å²) < 4.78 is 20.1. The lowest BCUT2D eigenvalue weighted by Crippen LogP contribution is -2.48. The van der Waals surface area contributed by atoms with Gasteiger partial charge in [0.15, 0.2) is 0 Å². The van der Waals surface area contributed by atoms with Crippen molar-refractivity contribution in [1.82, 2.24) is 10.2 Å². The van der Waals surface area contributed by atoms with E-state index < -0.39 is 41.9 Å². The molecule has 1 aliphatic heterocycles. The summed E-state index contributed by atoms with van der Waals surface area (Å²) >= 11 is 0.